The van der Waals surface area contributed by atoms with Gasteiger partial charge in [0.1, 0.15) is 0 Å². The third kappa shape index (κ3) is 3.19. The van der Waals surface area contributed by atoms with Crippen molar-refractivity contribution in [2.75, 3.05) is 19.3 Å². The van der Waals surface area contributed by atoms with Crippen LogP contribution in [0.4, 0.5) is 0 Å². The summed E-state index contributed by atoms with van der Waals surface area (Å²) in [5.74, 6) is 0. The number of thiol groups is 1. The molecule has 0 aromatic carbocycles. The summed E-state index contributed by atoms with van der Waals surface area (Å²) in [6.07, 6.45) is 2.11. The number of halogens is 1. The molecule has 1 atom stereocenters. The highest BCUT2D eigenvalue weighted by atomic mass is 35.5. The molecule has 0 amide bonds. The SMILES string of the molecule is CS(=O)(=O)N1CCC(S)C1.[Cl-]. The van der Waals surface area contributed by atoms with E-state index in [9.17, 15) is 8.42 Å². The number of rotatable bonds is 1. The molecule has 0 bridgehead atoms. The second-order valence-electron chi connectivity index (χ2n) is 2.56. The Morgan fingerprint density at radius 1 is 1.55 bits per heavy atom. The molecule has 0 radical (unpaired) electrons. The van der Waals surface area contributed by atoms with E-state index in [1.807, 2.05) is 0 Å². The second-order valence-corrected chi connectivity index (χ2v) is 5.28. The van der Waals surface area contributed by atoms with Crippen LogP contribution < -0.4 is 12.4 Å². The van der Waals surface area contributed by atoms with Crippen LogP contribution in [0.5, 0.6) is 0 Å². The van der Waals surface area contributed by atoms with Crippen molar-refractivity contribution in [2.45, 2.75) is 11.7 Å². The fourth-order valence-corrected chi connectivity index (χ4v) is 2.32. The lowest BCUT2D eigenvalue weighted by atomic mass is 10.4. The summed E-state index contributed by atoms with van der Waals surface area (Å²) in [4.78, 5) is 0. The molecule has 1 rings (SSSR count). The minimum absolute atomic E-state index is 0. The zero-order valence-corrected chi connectivity index (χ0v) is 8.66. The summed E-state index contributed by atoms with van der Waals surface area (Å²) in [7, 11) is -2.95. The Morgan fingerprint density at radius 2 is 2.09 bits per heavy atom. The molecule has 1 aliphatic rings. The number of hydrogen-bond acceptors (Lipinski definition) is 3. The fourth-order valence-electron chi connectivity index (χ4n) is 1.01. The maximum absolute atomic E-state index is 10.9. The first-order valence-electron chi connectivity index (χ1n) is 3.13. The predicted octanol–water partition coefficient (Wildman–Crippen LogP) is -3.05. The molecule has 1 fully saturated rings. The van der Waals surface area contributed by atoms with Gasteiger partial charge in [0.2, 0.25) is 10.0 Å². The van der Waals surface area contributed by atoms with Crippen molar-refractivity contribution in [3.63, 3.8) is 0 Å². The summed E-state index contributed by atoms with van der Waals surface area (Å²) in [5, 5.41) is 0.231. The zero-order chi connectivity index (χ0) is 7.78. The van der Waals surface area contributed by atoms with Crippen LogP contribution in [0.2, 0.25) is 0 Å². The van der Waals surface area contributed by atoms with Crippen molar-refractivity contribution in [1.29, 1.82) is 0 Å². The van der Waals surface area contributed by atoms with E-state index in [2.05, 4.69) is 12.6 Å². The van der Waals surface area contributed by atoms with E-state index in [0.717, 1.165) is 6.42 Å². The van der Waals surface area contributed by atoms with Crippen molar-refractivity contribution < 1.29 is 20.8 Å². The highest BCUT2D eigenvalue weighted by molar-refractivity contribution is 7.88. The Balaban J connectivity index is 0.000001000. The first-order valence-corrected chi connectivity index (χ1v) is 5.50. The van der Waals surface area contributed by atoms with Gasteiger partial charge in [0.05, 0.1) is 6.26 Å². The highest BCUT2D eigenvalue weighted by Crippen LogP contribution is 2.16. The Bertz CT molecular complexity index is 217. The molecule has 0 aromatic rings. The molecular formula is C5H11ClNO2S2-. The van der Waals surface area contributed by atoms with E-state index in [0.29, 0.717) is 13.1 Å². The lowest BCUT2D eigenvalue weighted by Gasteiger charge is -2.10. The first-order chi connectivity index (χ1) is 4.50. The average Bonchev–Trinajstić information content (AvgIpc) is 2.11. The largest absolute Gasteiger partial charge is 1.00 e. The van der Waals surface area contributed by atoms with Gasteiger partial charge >= 0.3 is 0 Å². The fraction of sp³-hybridized carbons (Fsp3) is 1.00. The number of hydrogen-bond donors (Lipinski definition) is 1. The summed E-state index contributed by atoms with van der Waals surface area (Å²) in [6.45, 7) is 1.20. The molecule has 0 aromatic heterocycles. The summed E-state index contributed by atoms with van der Waals surface area (Å²) in [6, 6.07) is 0. The maximum atomic E-state index is 10.9. The molecule has 6 heteroatoms. The van der Waals surface area contributed by atoms with E-state index in [4.69, 9.17) is 0 Å². The van der Waals surface area contributed by atoms with E-state index >= 15 is 0 Å². The van der Waals surface area contributed by atoms with Crippen LogP contribution in [0.25, 0.3) is 0 Å². The summed E-state index contributed by atoms with van der Waals surface area (Å²) in [5.41, 5.74) is 0. The summed E-state index contributed by atoms with van der Waals surface area (Å²) < 4.78 is 23.2. The molecule has 68 valence electrons. The van der Waals surface area contributed by atoms with Crippen molar-refractivity contribution >= 4 is 22.7 Å². The van der Waals surface area contributed by atoms with Gasteiger partial charge in [-0.3, -0.25) is 0 Å². The molecule has 3 nitrogen and oxygen atoms in total. The number of sulfonamides is 1. The normalized spacial score (nSPS) is 26.5. The third-order valence-corrected chi connectivity index (χ3v) is 3.29. The quantitative estimate of drug-likeness (QED) is 0.474. The Kier molecular flexibility index (Phi) is 4.18. The third-order valence-electron chi connectivity index (χ3n) is 1.60. The van der Waals surface area contributed by atoms with Gasteiger partial charge < -0.3 is 12.4 Å². The van der Waals surface area contributed by atoms with Crippen LogP contribution in [-0.2, 0) is 10.0 Å². The van der Waals surface area contributed by atoms with Gasteiger partial charge in [-0.25, -0.2) is 12.7 Å². The lowest BCUT2D eigenvalue weighted by Crippen LogP contribution is -3.00. The van der Waals surface area contributed by atoms with E-state index in [1.165, 1.54) is 10.6 Å². The van der Waals surface area contributed by atoms with Crippen LogP contribution in [0, 0.1) is 0 Å². The molecular weight excluding hydrogens is 206 g/mol. The smallest absolute Gasteiger partial charge is 0.211 e. The molecule has 1 saturated heterocycles. The Hall–Kier alpha value is 0.550. The van der Waals surface area contributed by atoms with Crippen molar-refractivity contribution in [3.05, 3.63) is 0 Å². The van der Waals surface area contributed by atoms with Crippen LogP contribution in [0.3, 0.4) is 0 Å². The molecule has 1 unspecified atom stereocenters. The molecule has 1 heterocycles. The zero-order valence-electron chi connectivity index (χ0n) is 6.20. The standard InChI is InChI=1S/C5H11NO2S2.ClH/c1-10(7,8)6-3-2-5(9)4-6;/h5,9H,2-4H2,1H3;1H/p-1. The lowest BCUT2D eigenvalue weighted by molar-refractivity contribution is -0.00000467. The minimum Gasteiger partial charge on any atom is -1.00 e. The van der Waals surface area contributed by atoms with Crippen LogP contribution >= 0.6 is 12.6 Å². The van der Waals surface area contributed by atoms with Crippen molar-refractivity contribution in [3.8, 4) is 0 Å². The van der Waals surface area contributed by atoms with Crippen molar-refractivity contribution in [2.24, 2.45) is 0 Å². The van der Waals surface area contributed by atoms with E-state index in [-0.39, 0.29) is 17.7 Å². The van der Waals surface area contributed by atoms with Crippen LogP contribution in [0.15, 0.2) is 0 Å². The van der Waals surface area contributed by atoms with Gasteiger partial charge in [0, 0.05) is 18.3 Å². The second kappa shape index (κ2) is 3.98. The molecule has 0 aliphatic carbocycles. The monoisotopic (exact) mass is 216 g/mol. The van der Waals surface area contributed by atoms with Crippen LogP contribution in [0.1, 0.15) is 6.42 Å². The van der Waals surface area contributed by atoms with Gasteiger partial charge in [0.15, 0.2) is 0 Å². The molecule has 0 N–H and O–H groups in total. The molecule has 0 spiro atoms. The summed E-state index contributed by atoms with van der Waals surface area (Å²) >= 11 is 4.18. The van der Waals surface area contributed by atoms with E-state index in [1.54, 1.807) is 0 Å². The van der Waals surface area contributed by atoms with Crippen LogP contribution in [-0.4, -0.2) is 37.3 Å². The first kappa shape index (κ1) is 11.6. The van der Waals surface area contributed by atoms with Gasteiger partial charge in [-0.15, -0.1) is 0 Å². The number of nitrogens with zero attached hydrogens (tertiary/aromatic N) is 1. The molecule has 11 heavy (non-hydrogen) atoms. The highest BCUT2D eigenvalue weighted by Gasteiger charge is 2.25. The minimum atomic E-state index is -2.95. The topological polar surface area (TPSA) is 37.4 Å². The average molecular weight is 217 g/mol. The van der Waals surface area contributed by atoms with Gasteiger partial charge in [-0.1, -0.05) is 0 Å². The van der Waals surface area contributed by atoms with E-state index < -0.39 is 10.0 Å². The van der Waals surface area contributed by atoms with Gasteiger partial charge in [0.25, 0.3) is 0 Å². The molecule has 1 aliphatic heterocycles. The van der Waals surface area contributed by atoms with Gasteiger partial charge in [-0.2, -0.15) is 12.6 Å². The van der Waals surface area contributed by atoms with Gasteiger partial charge in [-0.05, 0) is 6.42 Å². The molecule has 0 saturated carbocycles. The Labute approximate surface area is 79.0 Å². The maximum Gasteiger partial charge on any atom is 0.211 e. The predicted molar refractivity (Wildman–Crippen MR) is 43.8 cm³/mol. The van der Waals surface area contributed by atoms with Crippen molar-refractivity contribution in [1.82, 2.24) is 4.31 Å². The Morgan fingerprint density at radius 3 is 2.27 bits per heavy atom.